The van der Waals surface area contributed by atoms with Gasteiger partial charge in [-0.15, -0.1) is 0 Å². The van der Waals surface area contributed by atoms with Gasteiger partial charge >= 0.3 is 11.9 Å². The summed E-state index contributed by atoms with van der Waals surface area (Å²) < 4.78 is 20.7. The monoisotopic (exact) mass is 344 g/mol. The average molecular weight is 344 g/mol. The molecule has 0 radical (unpaired) electrons. The highest BCUT2D eigenvalue weighted by atomic mass is 16.7. The summed E-state index contributed by atoms with van der Waals surface area (Å²) >= 11 is 0. The third-order valence-corrected chi connectivity index (χ3v) is 3.12. The molecule has 0 rings (SSSR count). The quantitative estimate of drug-likeness (QED) is 0.207. The molecule has 0 aromatic carbocycles. The Labute approximate surface area is 145 Å². The van der Waals surface area contributed by atoms with Crippen molar-refractivity contribution in [2.75, 3.05) is 13.2 Å². The lowest BCUT2D eigenvalue weighted by molar-refractivity contribution is -0.172. The third-order valence-electron chi connectivity index (χ3n) is 3.12. The summed E-state index contributed by atoms with van der Waals surface area (Å²) in [6.07, 6.45) is 6.97. The van der Waals surface area contributed by atoms with Crippen molar-refractivity contribution in [1.82, 2.24) is 0 Å². The van der Waals surface area contributed by atoms with Crippen molar-refractivity contribution in [1.29, 1.82) is 0 Å². The molecule has 0 heterocycles. The fourth-order valence-corrected chi connectivity index (χ4v) is 1.81. The van der Waals surface area contributed by atoms with Gasteiger partial charge < -0.3 is 18.9 Å². The lowest BCUT2D eigenvalue weighted by Crippen LogP contribution is -2.19. The number of carbonyl (C=O) groups is 2. The molecule has 0 aromatic rings. The first kappa shape index (κ1) is 22.6. The van der Waals surface area contributed by atoms with E-state index in [1.807, 2.05) is 0 Å². The summed E-state index contributed by atoms with van der Waals surface area (Å²) in [5.74, 6) is -1.29. The number of unbranched alkanes of at least 4 members (excludes halogenated alkanes) is 4. The summed E-state index contributed by atoms with van der Waals surface area (Å²) in [5.41, 5.74) is 0. The second-order valence-electron chi connectivity index (χ2n) is 5.50. The maximum Gasteiger partial charge on any atom is 0.333 e. The lowest BCUT2D eigenvalue weighted by Gasteiger charge is -2.13. The molecule has 2 atom stereocenters. The topological polar surface area (TPSA) is 71.1 Å². The molecule has 0 aliphatic carbocycles. The first-order valence-electron chi connectivity index (χ1n) is 8.82. The summed E-state index contributed by atoms with van der Waals surface area (Å²) in [7, 11) is 0. The zero-order chi connectivity index (χ0) is 18.2. The predicted octanol–water partition coefficient (Wildman–Crippen LogP) is 3.73. The van der Waals surface area contributed by atoms with Gasteiger partial charge in [-0.2, -0.15) is 0 Å². The molecule has 0 amide bonds. The molecule has 6 nitrogen and oxygen atoms in total. The van der Waals surface area contributed by atoms with Crippen molar-refractivity contribution >= 4 is 11.9 Å². The minimum absolute atomic E-state index is 0.543. The predicted molar refractivity (Wildman–Crippen MR) is 91.2 cm³/mol. The molecular formula is C18H32O6. The minimum atomic E-state index is -0.647. The van der Waals surface area contributed by atoms with Gasteiger partial charge in [0.25, 0.3) is 0 Å². The molecule has 140 valence electrons. The Hall–Kier alpha value is -1.40. The van der Waals surface area contributed by atoms with Gasteiger partial charge in [0.1, 0.15) is 0 Å². The molecule has 0 N–H and O–H groups in total. The van der Waals surface area contributed by atoms with E-state index < -0.39 is 24.5 Å². The summed E-state index contributed by atoms with van der Waals surface area (Å²) in [6.45, 7) is 8.57. The van der Waals surface area contributed by atoms with Gasteiger partial charge in [0.05, 0.1) is 13.2 Å². The maximum absolute atomic E-state index is 11.5. The van der Waals surface area contributed by atoms with Gasteiger partial charge in [-0.05, 0) is 26.7 Å². The van der Waals surface area contributed by atoms with Gasteiger partial charge in [0.15, 0.2) is 12.6 Å². The molecule has 0 saturated carbocycles. The number of rotatable bonds is 14. The maximum atomic E-state index is 11.5. The van der Waals surface area contributed by atoms with Gasteiger partial charge in [-0.25, -0.2) is 9.59 Å². The first-order valence-corrected chi connectivity index (χ1v) is 8.82. The summed E-state index contributed by atoms with van der Waals surface area (Å²) in [6, 6.07) is 0. The van der Waals surface area contributed by atoms with Gasteiger partial charge in [0, 0.05) is 12.2 Å². The van der Waals surface area contributed by atoms with Gasteiger partial charge in [-0.3, -0.25) is 0 Å². The van der Waals surface area contributed by atoms with Crippen molar-refractivity contribution in [3.8, 4) is 0 Å². The zero-order valence-electron chi connectivity index (χ0n) is 15.4. The molecule has 6 heteroatoms. The molecule has 0 aromatic heterocycles. The van der Waals surface area contributed by atoms with E-state index in [0.29, 0.717) is 13.2 Å². The van der Waals surface area contributed by atoms with Gasteiger partial charge in [0.2, 0.25) is 0 Å². The van der Waals surface area contributed by atoms with Crippen molar-refractivity contribution in [2.24, 2.45) is 0 Å². The smallest absolute Gasteiger partial charge is 0.333 e. The van der Waals surface area contributed by atoms with E-state index in [9.17, 15) is 9.59 Å². The number of hydrogen-bond donors (Lipinski definition) is 0. The van der Waals surface area contributed by atoms with E-state index in [1.165, 1.54) is 0 Å². The van der Waals surface area contributed by atoms with Crippen LogP contribution in [0.15, 0.2) is 12.2 Å². The molecular weight excluding hydrogens is 312 g/mol. The fourth-order valence-electron chi connectivity index (χ4n) is 1.81. The summed E-state index contributed by atoms with van der Waals surface area (Å²) in [4.78, 5) is 23.1. The van der Waals surface area contributed by atoms with Crippen molar-refractivity contribution in [2.45, 2.75) is 78.8 Å². The van der Waals surface area contributed by atoms with E-state index >= 15 is 0 Å². The number of carbonyl (C=O) groups excluding carboxylic acids is 2. The molecule has 24 heavy (non-hydrogen) atoms. The number of hydrogen-bond acceptors (Lipinski definition) is 6. The first-order chi connectivity index (χ1) is 11.5. The number of ether oxygens (including phenoxy) is 4. The Kier molecular flexibility index (Phi) is 14.3. The molecule has 2 unspecified atom stereocenters. The second-order valence-corrected chi connectivity index (χ2v) is 5.50. The minimum Gasteiger partial charge on any atom is -0.433 e. The Morgan fingerprint density at radius 1 is 0.750 bits per heavy atom. The van der Waals surface area contributed by atoms with E-state index in [1.54, 1.807) is 13.8 Å². The molecule has 0 spiro atoms. The Morgan fingerprint density at radius 2 is 1.12 bits per heavy atom. The van der Waals surface area contributed by atoms with E-state index in [0.717, 1.165) is 50.7 Å². The van der Waals surface area contributed by atoms with Crippen LogP contribution in [0, 0.1) is 0 Å². The largest absolute Gasteiger partial charge is 0.433 e. The molecule has 0 aliphatic heterocycles. The molecule has 0 bridgehead atoms. The van der Waals surface area contributed by atoms with Crippen LogP contribution in [0.2, 0.25) is 0 Å². The molecule has 0 aliphatic rings. The highest BCUT2D eigenvalue weighted by Gasteiger charge is 2.09. The van der Waals surface area contributed by atoms with E-state index in [2.05, 4.69) is 13.8 Å². The highest BCUT2D eigenvalue weighted by Crippen LogP contribution is 2.02. The van der Waals surface area contributed by atoms with Crippen LogP contribution in [-0.4, -0.2) is 37.7 Å². The SMILES string of the molecule is CCCCCOC(C)OC(=O)/C=C\C(=O)OC(C)OCCCCC. The van der Waals surface area contributed by atoms with E-state index in [4.69, 9.17) is 18.9 Å². The van der Waals surface area contributed by atoms with Crippen LogP contribution < -0.4 is 0 Å². The van der Waals surface area contributed by atoms with Crippen LogP contribution in [0.25, 0.3) is 0 Å². The Balaban J connectivity index is 3.88. The van der Waals surface area contributed by atoms with Crippen molar-refractivity contribution in [3.05, 3.63) is 12.2 Å². The standard InChI is InChI=1S/C18H32O6/c1-5-7-9-13-21-15(3)23-17(19)11-12-18(20)24-16(4)22-14-10-8-6-2/h11-12,15-16H,5-10,13-14H2,1-4H3/b12-11-. The van der Waals surface area contributed by atoms with Crippen LogP contribution in [0.4, 0.5) is 0 Å². The summed E-state index contributed by atoms with van der Waals surface area (Å²) in [5, 5.41) is 0. The van der Waals surface area contributed by atoms with Crippen molar-refractivity contribution < 1.29 is 28.5 Å². The van der Waals surface area contributed by atoms with E-state index in [-0.39, 0.29) is 0 Å². The normalized spacial score (nSPS) is 13.7. The fraction of sp³-hybridized carbons (Fsp3) is 0.778. The molecule has 0 saturated heterocycles. The third kappa shape index (κ3) is 14.2. The zero-order valence-corrected chi connectivity index (χ0v) is 15.4. The van der Waals surface area contributed by atoms with Crippen LogP contribution in [0.1, 0.15) is 66.2 Å². The highest BCUT2D eigenvalue weighted by molar-refractivity contribution is 5.91. The average Bonchev–Trinajstić information content (AvgIpc) is 2.54. The second kappa shape index (κ2) is 15.1. The molecule has 0 fully saturated rings. The Bertz CT molecular complexity index is 333. The van der Waals surface area contributed by atoms with Gasteiger partial charge in [-0.1, -0.05) is 39.5 Å². The van der Waals surface area contributed by atoms with Crippen LogP contribution in [0.3, 0.4) is 0 Å². The van der Waals surface area contributed by atoms with Crippen LogP contribution in [-0.2, 0) is 28.5 Å². The van der Waals surface area contributed by atoms with Crippen molar-refractivity contribution in [3.63, 3.8) is 0 Å². The lowest BCUT2D eigenvalue weighted by atomic mass is 10.3. The Morgan fingerprint density at radius 3 is 1.46 bits per heavy atom. The van der Waals surface area contributed by atoms with Crippen LogP contribution >= 0.6 is 0 Å². The van der Waals surface area contributed by atoms with Crippen LogP contribution in [0.5, 0.6) is 0 Å². The number of esters is 2.